The number of H-pyrrole nitrogens is 1. The van der Waals surface area contributed by atoms with Crippen LogP contribution in [-0.2, 0) is 40.0 Å². The Morgan fingerprint density at radius 1 is 0.738 bits per heavy atom. The monoisotopic (exact) mass is 590 g/mol. The molecule has 0 bridgehead atoms. The number of fused-ring (bicyclic) bond motifs is 1. The minimum atomic E-state index is -1.54. The van der Waals surface area contributed by atoms with Crippen LogP contribution in [-0.4, -0.2) is 86.0 Å². The maximum Gasteiger partial charge on any atom is 0.326 e. The van der Waals surface area contributed by atoms with Crippen molar-refractivity contribution < 1.29 is 48.9 Å². The van der Waals surface area contributed by atoms with E-state index < -0.39 is 85.0 Å². The van der Waals surface area contributed by atoms with Crippen molar-refractivity contribution in [1.29, 1.82) is 0 Å². The second-order valence-electron chi connectivity index (χ2n) is 9.56. The van der Waals surface area contributed by atoms with Gasteiger partial charge in [0.15, 0.2) is 0 Å². The normalized spacial score (nSPS) is 13.7. The number of aromatic amines is 1. The van der Waals surface area contributed by atoms with Gasteiger partial charge in [0.05, 0.1) is 6.04 Å². The third kappa shape index (κ3) is 10.5. The zero-order valence-electron chi connectivity index (χ0n) is 22.5. The standard InChI is InChI=1S/C26H34N6O10/c27-15(5-9-21(34)35)23(38)30-17(6-8-20(28)33)24(39)31-18(7-10-22(36)37)25(40)32-19(26(41)42)11-13-12-29-16-4-2-1-3-14(13)16/h1-4,12,15,17-19,29H,5-11,27H2,(H2,28,33)(H,30,38)(H,31,39)(H,32,40)(H,34,35)(H,36,37)(H,41,42). The van der Waals surface area contributed by atoms with Crippen LogP contribution in [0.2, 0.25) is 0 Å². The first-order chi connectivity index (χ1) is 19.8. The number of hydrogen-bond donors (Lipinski definition) is 9. The van der Waals surface area contributed by atoms with E-state index in [4.69, 9.17) is 21.7 Å². The summed E-state index contributed by atoms with van der Waals surface area (Å²) in [4.78, 5) is 87.0. The molecule has 16 heteroatoms. The van der Waals surface area contributed by atoms with Crippen molar-refractivity contribution in [3.63, 3.8) is 0 Å². The Morgan fingerprint density at radius 2 is 1.26 bits per heavy atom. The molecule has 0 spiro atoms. The summed E-state index contributed by atoms with van der Waals surface area (Å²) in [6.45, 7) is 0. The Labute approximate surface area is 239 Å². The van der Waals surface area contributed by atoms with Gasteiger partial charge in [-0.25, -0.2) is 4.79 Å². The van der Waals surface area contributed by atoms with E-state index in [0.717, 1.165) is 10.9 Å². The maximum absolute atomic E-state index is 13.1. The summed E-state index contributed by atoms with van der Waals surface area (Å²) >= 11 is 0. The summed E-state index contributed by atoms with van der Waals surface area (Å²) in [5.74, 6) is -7.56. The molecule has 228 valence electrons. The number of aliphatic carboxylic acids is 3. The Kier molecular flexibility index (Phi) is 12.4. The Balaban J connectivity index is 2.20. The summed E-state index contributed by atoms with van der Waals surface area (Å²) in [7, 11) is 0. The molecule has 0 aliphatic rings. The molecule has 2 aromatic rings. The molecule has 0 saturated carbocycles. The zero-order chi connectivity index (χ0) is 31.4. The average molecular weight is 591 g/mol. The van der Waals surface area contributed by atoms with Gasteiger partial charge in [0.25, 0.3) is 0 Å². The first-order valence-electron chi connectivity index (χ1n) is 12.9. The number of rotatable bonds is 18. The van der Waals surface area contributed by atoms with E-state index in [1.165, 1.54) is 0 Å². The molecule has 0 aliphatic carbocycles. The summed E-state index contributed by atoms with van der Waals surface area (Å²) < 4.78 is 0. The molecule has 4 atom stereocenters. The van der Waals surface area contributed by atoms with Gasteiger partial charge in [0.2, 0.25) is 23.6 Å². The van der Waals surface area contributed by atoms with Gasteiger partial charge in [-0.2, -0.15) is 0 Å². The number of carboxylic acids is 3. The lowest BCUT2D eigenvalue weighted by molar-refractivity contribution is -0.143. The number of aromatic nitrogens is 1. The third-order valence-corrected chi connectivity index (χ3v) is 6.31. The molecule has 4 unspecified atom stereocenters. The van der Waals surface area contributed by atoms with E-state index in [1.807, 2.05) is 0 Å². The van der Waals surface area contributed by atoms with E-state index in [0.29, 0.717) is 5.56 Å². The first kappa shape index (κ1) is 33.2. The van der Waals surface area contributed by atoms with Crippen molar-refractivity contribution in [1.82, 2.24) is 20.9 Å². The number of hydrogen-bond acceptors (Lipinski definition) is 8. The highest BCUT2D eigenvalue weighted by Crippen LogP contribution is 2.19. The molecule has 0 fully saturated rings. The van der Waals surface area contributed by atoms with Gasteiger partial charge in [-0.05, 0) is 30.9 Å². The molecule has 1 heterocycles. The highest BCUT2D eigenvalue weighted by Gasteiger charge is 2.31. The minimum Gasteiger partial charge on any atom is -0.481 e. The van der Waals surface area contributed by atoms with Crippen LogP contribution in [0.3, 0.4) is 0 Å². The molecule has 0 saturated heterocycles. The molecule has 1 aromatic carbocycles. The average Bonchev–Trinajstić information content (AvgIpc) is 3.33. The van der Waals surface area contributed by atoms with E-state index in [2.05, 4.69) is 20.9 Å². The Morgan fingerprint density at radius 3 is 1.83 bits per heavy atom. The number of nitrogens with two attached hydrogens (primary N) is 2. The van der Waals surface area contributed by atoms with Crippen LogP contribution in [0.25, 0.3) is 10.9 Å². The molecule has 42 heavy (non-hydrogen) atoms. The molecule has 11 N–H and O–H groups in total. The Hall–Kier alpha value is -4.99. The molecule has 0 radical (unpaired) electrons. The van der Waals surface area contributed by atoms with Crippen molar-refractivity contribution in [3.8, 4) is 0 Å². The van der Waals surface area contributed by atoms with Crippen LogP contribution in [0, 0.1) is 0 Å². The van der Waals surface area contributed by atoms with Crippen LogP contribution in [0.5, 0.6) is 0 Å². The number of carbonyl (C=O) groups is 7. The van der Waals surface area contributed by atoms with Crippen LogP contribution in [0.1, 0.15) is 44.1 Å². The van der Waals surface area contributed by atoms with E-state index in [1.54, 1.807) is 30.5 Å². The molecule has 4 amide bonds. The molecule has 1 aromatic heterocycles. The van der Waals surface area contributed by atoms with Gasteiger partial charge in [0, 0.05) is 42.8 Å². The minimum absolute atomic E-state index is 0.129. The number of nitrogens with one attached hydrogen (secondary N) is 4. The van der Waals surface area contributed by atoms with Crippen LogP contribution in [0.4, 0.5) is 0 Å². The topological polar surface area (TPSA) is 284 Å². The van der Waals surface area contributed by atoms with E-state index in [9.17, 15) is 38.7 Å². The van der Waals surface area contributed by atoms with Crippen molar-refractivity contribution in [2.45, 2.75) is 69.1 Å². The smallest absolute Gasteiger partial charge is 0.326 e. The fourth-order valence-corrected chi connectivity index (χ4v) is 4.05. The highest BCUT2D eigenvalue weighted by molar-refractivity contribution is 5.95. The molecule has 16 nitrogen and oxygen atoms in total. The molecular weight excluding hydrogens is 556 g/mol. The number of amides is 4. The number of carboxylic acid groups (broad SMARTS) is 3. The van der Waals surface area contributed by atoms with Crippen molar-refractivity contribution >= 4 is 52.4 Å². The molecular formula is C26H34N6O10. The summed E-state index contributed by atoms with van der Waals surface area (Å²) in [6, 6.07) is 1.36. The largest absolute Gasteiger partial charge is 0.481 e. The summed E-state index contributed by atoms with van der Waals surface area (Å²) in [6.07, 6.45) is -0.877. The quantitative estimate of drug-likeness (QED) is 0.0970. The van der Waals surface area contributed by atoms with Gasteiger partial charge in [-0.1, -0.05) is 18.2 Å². The van der Waals surface area contributed by atoms with Crippen molar-refractivity contribution in [2.75, 3.05) is 0 Å². The number of para-hydroxylation sites is 1. The third-order valence-electron chi connectivity index (χ3n) is 6.31. The molecule has 0 aliphatic heterocycles. The number of carbonyl (C=O) groups excluding carboxylic acids is 4. The summed E-state index contributed by atoms with van der Waals surface area (Å²) in [5, 5.41) is 35.4. The SMILES string of the molecule is NC(=O)CCC(NC(=O)C(N)CCC(=O)O)C(=O)NC(CCC(=O)O)C(=O)NC(Cc1c[nH]c2ccccc12)C(=O)O. The van der Waals surface area contributed by atoms with Gasteiger partial charge < -0.3 is 47.7 Å². The predicted molar refractivity (Wildman–Crippen MR) is 146 cm³/mol. The fourth-order valence-electron chi connectivity index (χ4n) is 4.05. The van der Waals surface area contributed by atoms with Crippen LogP contribution < -0.4 is 27.4 Å². The zero-order valence-corrected chi connectivity index (χ0v) is 22.5. The maximum atomic E-state index is 13.1. The van der Waals surface area contributed by atoms with Crippen molar-refractivity contribution in [3.05, 3.63) is 36.0 Å². The number of primary amides is 1. The van der Waals surface area contributed by atoms with Crippen molar-refractivity contribution in [2.24, 2.45) is 11.5 Å². The lowest BCUT2D eigenvalue weighted by atomic mass is 10.0. The van der Waals surface area contributed by atoms with Gasteiger partial charge >= 0.3 is 17.9 Å². The second kappa shape index (κ2) is 15.7. The van der Waals surface area contributed by atoms with Crippen LogP contribution >= 0.6 is 0 Å². The number of benzene rings is 1. The summed E-state index contributed by atoms with van der Waals surface area (Å²) in [5.41, 5.74) is 12.2. The molecule has 2 rings (SSSR count). The van der Waals surface area contributed by atoms with Gasteiger partial charge in [-0.3, -0.25) is 28.8 Å². The lowest BCUT2D eigenvalue weighted by Crippen LogP contribution is -2.57. The first-order valence-corrected chi connectivity index (χ1v) is 12.9. The second-order valence-corrected chi connectivity index (χ2v) is 9.56. The highest BCUT2D eigenvalue weighted by atomic mass is 16.4. The van der Waals surface area contributed by atoms with Gasteiger partial charge in [-0.15, -0.1) is 0 Å². The van der Waals surface area contributed by atoms with Crippen LogP contribution in [0.15, 0.2) is 30.5 Å². The van der Waals surface area contributed by atoms with Gasteiger partial charge in [0.1, 0.15) is 18.1 Å². The Bertz CT molecular complexity index is 1330. The fraction of sp³-hybridized carbons (Fsp3) is 0.423. The van der Waals surface area contributed by atoms with E-state index in [-0.39, 0.29) is 25.7 Å². The lowest BCUT2D eigenvalue weighted by Gasteiger charge is -2.25. The van der Waals surface area contributed by atoms with E-state index >= 15 is 0 Å². The predicted octanol–water partition coefficient (Wildman–Crippen LogP) is -1.43.